The summed E-state index contributed by atoms with van der Waals surface area (Å²) >= 11 is 0. The number of imide groups is 1. The van der Waals surface area contributed by atoms with Gasteiger partial charge in [-0.1, -0.05) is 0 Å². The molecule has 4 amide bonds. The molecule has 0 saturated heterocycles. The van der Waals surface area contributed by atoms with Crippen molar-refractivity contribution >= 4 is 20.0 Å². The Morgan fingerprint density at radius 2 is 1.42 bits per heavy atom. The minimum Gasteiger partial charge on any atom is -0.381 e. The first-order valence-corrected chi connectivity index (χ1v) is 3.35. The van der Waals surface area contributed by atoms with Crippen LogP contribution in [0.4, 0.5) is 9.59 Å². The number of urea groups is 2. The van der Waals surface area contributed by atoms with E-state index in [1.807, 2.05) is 0 Å². The van der Waals surface area contributed by atoms with E-state index in [9.17, 15) is 9.59 Å². The van der Waals surface area contributed by atoms with Crippen molar-refractivity contribution < 1.29 is 9.59 Å². The molecule has 0 saturated carbocycles. The van der Waals surface area contributed by atoms with E-state index >= 15 is 0 Å². The molecular formula is C6H12BN3O2. The van der Waals surface area contributed by atoms with Crippen molar-refractivity contribution in [1.82, 2.24) is 14.6 Å². The van der Waals surface area contributed by atoms with E-state index in [1.54, 1.807) is 14.1 Å². The van der Waals surface area contributed by atoms with Gasteiger partial charge in [0.15, 0.2) is 0 Å². The van der Waals surface area contributed by atoms with Gasteiger partial charge in [-0.15, -0.1) is 0 Å². The standard InChI is InChI=1S/C6H12BN3O2/c1-8(2)5(11)9(3)6(12)10(4)7/h1-4H3. The molecule has 5 nitrogen and oxygen atoms in total. The molecule has 0 aromatic heterocycles. The number of rotatable bonds is 0. The normalized spacial score (nSPS) is 9.00. The second kappa shape index (κ2) is 3.99. The summed E-state index contributed by atoms with van der Waals surface area (Å²) in [6, 6.07) is -0.953. The van der Waals surface area contributed by atoms with Crippen LogP contribution in [0.5, 0.6) is 0 Å². The quantitative estimate of drug-likeness (QED) is 0.468. The number of hydrogen-bond donors (Lipinski definition) is 0. The van der Waals surface area contributed by atoms with Crippen LogP contribution in [0, 0.1) is 0 Å². The van der Waals surface area contributed by atoms with Gasteiger partial charge in [-0.25, -0.2) is 14.5 Å². The molecule has 0 aliphatic heterocycles. The molecular weight excluding hydrogens is 157 g/mol. The van der Waals surface area contributed by atoms with Crippen LogP contribution in [0.2, 0.25) is 0 Å². The van der Waals surface area contributed by atoms with Crippen LogP contribution in [0.25, 0.3) is 0 Å². The van der Waals surface area contributed by atoms with Gasteiger partial charge >= 0.3 is 12.1 Å². The first kappa shape index (κ1) is 10.8. The second-order valence-electron chi connectivity index (χ2n) is 2.63. The van der Waals surface area contributed by atoms with Crippen molar-refractivity contribution in [3.63, 3.8) is 0 Å². The minimum atomic E-state index is -0.547. The second-order valence-corrected chi connectivity index (χ2v) is 2.63. The van der Waals surface area contributed by atoms with Crippen LogP contribution in [-0.4, -0.2) is 62.8 Å². The Morgan fingerprint density at radius 3 is 1.67 bits per heavy atom. The molecule has 0 aromatic carbocycles. The number of carbonyl (C=O) groups is 2. The predicted octanol–water partition coefficient (Wildman–Crippen LogP) is -0.265. The lowest BCUT2D eigenvalue weighted by molar-refractivity contribution is 0.169. The Morgan fingerprint density at radius 1 is 1.00 bits per heavy atom. The third-order valence-electron chi connectivity index (χ3n) is 1.26. The Labute approximate surface area is 73.3 Å². The van der Waals surface area contributed by atoms with Gasteiger partial charge < -0.3 is 9.71 Å². The van der Waals surface area contributed by atoms with Crippen molar-refractivity contribution in [3.05, 3.63) is 0 Å². The summed E-state index contributed by atoms with van der Waals surface area (Å²) in [4.78, 5) is 25.3. The van der Waals surface area contributed by atoms with Crippen molar-refractivity contribution in [2.45, 2.75) is 0 Å². The topological polar surface area (TPSA) is 43.9 Å². The van der Waals surface area contributed by atoms with Crippen molar-refractivity contribution in [2.24, 2.45) is 0 Å². The smallest absolute Gasteiger partial charge is 0.327 e. The van der Waals surface area contributed by atoms with Crippen LogP contribution in [0.15, 0.2) is 0 Å². The van der Waals surface area contributed by atoms with Gasteiger partial charge in [0.2, 0.25) is 7.98 Å². The number of nitrogens with zero attached hydrogens (tertiary/aromatic N) is 3. The Kier molecular flexibility index (Phi) is 3.59. The van der Waals surface area contributed by atoms with Gasteiger partial charge in [0.1, 0.15) is 0 Å². The van der Waals surface area contributed by atoms with Crippen molar-refractivity contribution in [2.75, 3.05) is 28.2 Å². The molecule has 2 radical (unpaired) electrons. The highest BCUT2D eigenvalue weighted by Crippen LogP contribution is 1.94. The molecule has 0 bridgehead atoms. The fraction of sp³-hybridized carbons (Fsp3) is 0.667. The summed E-state index contributed by atoms with van der Waals surface area (Å²) in [5, 5.41) is 0. The molecule has 0 aliphatic rings. The lowest BCUT2D eigenvalue weighted by Gasteiger charge is -2.23. The Bertz CT molecular complexity index is 173. The molecule has 0 fully saturated rings. The zero-order chi connectivity index (χ0) is 9.89. The highest BCUT2D eigenvalue weighted by atomic mass is 16.2. The van der Waals surface area contributed by atoms with Crippen molar-refractivity contribution in [1.29, 1.82) is 0 Å². The van der Waals surface area contributed by atoms with E-state index in [-0.39, 0.29) is 0 Å². The molecule has 0 spiro atoms. The van der Waals surface area contributed by atoms with Crippen LogP contribution >= 0.6 is 0 Å². The fourth-order valence-corrected chi connectivity index (χ4v) is 0.618. The maximum absolute atomic E-state index is 11.1. The monoisotopic (exact) mass is 169 g/mol. The van der Waals surface area contributed by atoms with Gasteiger partial charge in [0, 0.05) is 21.1 Å². The first-order chi connectivity index (χ1) is 5.37. The maximum Gasteiger partial charge on any atom is 0.327 e. The molecule has 0 aromatic rings. The summed E-state index contributed by atoms with van der Waals surface area (Å²) in [7, 11) is 11.0. The number of amides is 4. The molecule has 6 heteroatoms. The van der Waals surface area contributed by atoms with Crippen molar-refractivity contribution in [3.8, 4) is 0 Å². The van der Waals surface area contributed by atoms with Crippen LogP contribution < -0.4 is 0 Å². The number of hydrogen-bond acceptors (Lipinski definition) is 2. The molecule has 0 aliphatic carbocycles. The average Bonchev–Trinajstić information content (AvgIpc) is 2.00. The van der Waals surface area contributed by atoms with E-state index < -0.39 is 12.1 Å². The van der Waals surface area contributed by atoms with Crippen LogP contribution in [-0.2, 0) is 0 Å². The lowest BCUT2D eigenvalue weighted by atomic mass is 10.4. The average molecular weight is 169 g/mol. The van der Waals surface area contributed by atoms with E-state index in [2.05, 4.69) is 0 Å². The highest BCUT2D eigenvalue weighted by molar-refractivity contribution is 6.15. The first-order valence-electron chi connectivity index (χ1n) is 3.35. The molecule has 0 atom stereocenters. The molecule has 66 valence electrons. The van der Waals surface area contributed by atoms with Crippen LogP contribution in [0.1, 0.15) is 0 Å². The molecule has 12 heavy (non-hydrogen) atoms. The van der Waals surface area contributed by atoms with Crippen LogP contribution in [0.3, 0.4) is 0 Å². The summed E-state index contributed by atoms with van der Waals surface area (Å²) in [6.45, 7) is 0. The Hall–Kier alpha value is -1.20. The van der Waals surface area contributed by atoms with Gasteiger partial charge in [-0.3, -0.25) is 0 Å². The zero-order valence-corrected chi connectivity index (χ0v) is 7.74. The van der Waals surface area contributed by atoms with Gasteiger partial charge in [0.05, 0.1) is 0 Å². The molecule has 0 N–H and O–H groups in total. The van der Waals surface area contributed by atoms with Gasteiger partial charge in [0.25, 0.3) is 0 Å². The van der Waals surface area contributed by atoms with Gasteiger partial charge in [-0.05, 0) is 7.05 Å². The van der Waals surface area contributed by atoms with E-state index in [0.29, 0.717) is 0 Å². The summed E-state index contributed by atoms with van der Waals surface area (Å²) in [5.74, 6) is 0. The fourth-order valence-electron chi connectivity index (χ4n) is 0.618. The third-order valence-corrected chi connectivity index (χ3v) is 1.26. The Balaban J connectivity index is 4.30. The minimum absolute atomic E-state index is 0.405. The van der Waals surface area contributed by atoms with E-state index in [0.717, 1.165) is 9.71 Å². The largest absolute Gasteiger partial charge is 0.381 e. The highest BCUT2D eigenvalue weighted by Gasteiger charge is 2.18. The molecule has 0 heterocycles. The SMILES string of the molecule is [B]N(C)C(=O)N(C)C(=O)N(C)C. The number of carbonyl (C=O) groups excluding carboxylic acids is 2. The van der Waals surface area contributed by atoms with Gasteiger partial charge in [-0.2, -0.15) is 0 Å². The summed E-state index contributed by atoms with van der Waals surface area (Å²) < 4.78 is 0. The summed E-state index contributed by atoms with van der Waals surface area (Å²) in [6.07, 6.45) is 0. The predicted molar refractivity (Wildman–Crippen MR) is 45.8 cm³/mol. The molecule has 0 rings (SSSR count). The maximum atomic E-state index is 11.1. The molecule has 0 unspecified atom stereocenters. The zero-order valence-electron chi connectivity index (χ0n) is 7.74. The van der Waals surface area contributed by atoms with E-state index in [1.165, 1.54) is 19.0 Å². The summed E-state index contributed by atoms with van der Waals surface area (Å²) in [5.41, 5.74) is 0. The third kappa shape index (κ3) is 2.45. The van der Waals surface area contributed by atoms with E-state index in [4.69, 9.17) is 7.98 Å². The lowest BCUT2D eigenvalue weighted by Crippen LogP contribution is -2.45.